The molecule has 3 rings (SSSR count). The van der Waals surface area contributed by atoms with Crippen LogP contribution >= 0.6 is 15.9 Å². The van der Waals surface area contributed by atoms with Crippen molar-refractivity contribution in [2.75, 3.05) is 5.32 Å². The van der Waals surface area contributed by atoms with Crippen LogP contribution in [0.4, 0.5) is 5.82 Å². The maximum absolute atomic E-state index is 12.0. The number of hydrogen-bond acceptors (Lipinski definition) is 5. The van der Waals surface area contributed by atoms with Crippen molar-refractivity contribution in [3.05, 3.63) is 52.6 Å². The minimum atomic E-state index is -0.271. The van der Waals surface area contributed by atoms with Gasteiger partial charge in [-0.1, -0.05) is 29.8 Å². The number of carbonyl (C=O) groups is 1. The zero-order chi connectivity index (χ0) is 16.2. The van der Waals surface area contributed by atoms with Gasteiger partial charge in [-0.05, 0) is 40.2 Å². The molecule has 3 aromatic rings. The summed E-state index contributed by atoms with van der Waals surface area (Å²) < 4.78 is 0.844. The Morgan fingerprint density at radius 1 is 1.22 bits per heavy atom. The summed E-state index contributed by atoms with van der Waals surface area (Å²) >= 11 is 3.29. The van der Waals surface area contributed by atoms with Gasteiger partial charge in [-0.15, -0.1) is 10.2 Å². The Labute approximate surface area is 140 Å². The van der Waals surface area contributed by atoms with Crippen molar-refractivity contribution in [2.45, 2.75) is 13.5 Å². The molecule has 1 aromatic carbocycles. The van der Waals surface area contributed by atoms with E-state index >= 15 is 0 Å². The van der Waals surface area contributed by atoms with Crippen LogP contribution in [0.3, 0.4) is 0 Å². The Morgan fingerprint density at radius 2 is 2.00 bits per heavy atom. The van der Waals surface area contributed by atoms with Crippen molar-refractivity contribution in [3.63, 3.8) is 0 Å². The summed E-state index contributed by atoms with van der Waals surface area (Å²) in [5.74, 6) is 0.685. The van der Waals surface area contributed by atoms with Gasteiger partial charge in [0.05, 0.1) is 0 Å². The number of nitrogens with one attached hydrogen (secondary N) is 1. The van der Waals surface area contributed by atoms with Gasteiger partial charge in [0, 0.05) is 16.2 Å². The first kappa shape index (κ1) is 15.3. The van der Waals surface area contributed by atoms with E-state index in [-0.39, 0.29) is 12.5 Å². The van der Waals surface area contributed by atoms with Crippen LogP contribution in [-0.2, 0) is 11.3 Å². The van der Waals surface area contributed by atoms with Crippen molar-refractivity contribution in [1.82, 2.24) is 25.2 Å². The Kier molecular flexibility index (Phi) is 4.42. The number of benzene rings is 1. The molecule has 116 valence electrons. The fraction of sp³-hybridized carbons (Fsp3) is 0.133. The van der Waals surface area contributed by atoms with Crippen molar-refractivity contribution < 1.29 is 4.79 Å². The highest BCUT2D eigenvalue weighted by Gasteiger charge is 2.10. The molecule has 2 heterocycles. The Morgan fingerprint density at radius 3 is 2.70 bits per heavy atom. The lowest BCUT2D eigenvalue weighted by atomic mass is 10.1. The lowest BCUT2D eigenvalue weighted by molar-refractivity contribution is -0.117. The minimum Gasteiger partial charge on any atom is -0.309 e. The molecular formula is C15H13BrN6O. The van der Waals surface area contributed by atoms with Gasteiger partial charge in [0.15, 0.2) is 0 Å². The molecule has 0 radical (unpaired) electrons. The van der Waals surface area contributed by atoms with Crippen LogP contribution in [0.2, 0.25) is 0 Å². The largest absolute Gasteiger partial charge is 0.309 e. The van der Waals surface area contributed by atoms with Crippen LogP contribution in [0.1, 0.15) is 5.56 Å². The van der Waals surface area contributed by atoms with E-state index in [1.807, 2.05) is 31.2 Å². The molecule has 0 fully saturated rings. The van der Waals surface area contributed by atoms with Crippen molar-refractivity contribution in [3.8, 4) is 11.4 Å². The molecule has 0 spiro atoms. The summed E-state index contributed by atoms with van der Waals surface area (Å²) in [4.78, 5) is 17.3. The lowest BCUT2D eigenvalue weighted by Gasteiger charge is -2.03. The van der Waals surface area contributed by atoms with Crippen molar-refractivity contribution in [1.29, 1.82) is 0 Å². The molecule has 0 unspecified atom stereocenters. The number of aromatic nitrogens is 5. The van der Waals surface area contributed by atoms with Crippen molar-refractivity contribution >= 4 is 27.7 Å². The Balaban J connectivity index is 1.65. The van der Waals surface area contributed by atoms with Gasteiger partial charge in [-0.25, -0.2) is 4.98 Å². The number of aryl methyl sites for hydroxylation is 1. The van der Waals surface area contributed by atoms with E-state index in [0.717, 1.165) is 15.6 Å². The summed E-state index contributed by atoms with van der Waals surface area (Å²) in [6.45, 7) is 1.98. The van der Waals surface area contributed by atoms with Crippen LogP contribution in [0.5, 0.6) is 0 Å². The fourth-order valence-corrected chi connectivity index (χ4v) is 2.12. The van der Waals surface area contributed by atoms with Gasteiger partial charge in [-0.2, -0.15) is 4.80 Å². The molecular weight excluding hydrogens is 360 g/mol. The van der Waals surface area contributed by atoms with Crippen LogP contribution < -0.4 is 5.32 Å². The monoisotopic (exact) mass is 372 g/mol. The second-order valence-corrected chi connectivity index (χ2v) is 5.83. The molecule has 0 saturated heterocycles. The third kappa shape index (κ3) is 3.98. The SMILES string of the molecule is Cc1ccc(-c2nnn(CC(=O)Nc3ccc(Br)cn3)n2)cc1. The molecule has 0 saturated carbocycles. The van der Waals surface area contributed by atoms with Gasteiger partial charge < -0.3 is 5.32 Å². The smallest absolute Gasteiger partial charge is 0.249 e. The number of anilines is 1. The lowest BCUT2D eigenvalue weighted by Crippen LogP contribution is -2.21. The Hall–Kier alpha value is -2.61. The van der Waals surface area contributed by atoms with E-state index < -0.39 is 0 Å². The number of pyridine rings is 1. The first-order chi connectivity index (χ1) is 11.1. The molecule has 0 aliphatic heterocycles. The number of nitrogens with zero attached hydrogens (tertiary/aromatic N) is 5. The van der Waals surface area contributed by atoms with Crippen LogP contribution in [0.15, 0.2) is 47.1 Å². The maximum Gasteiger partial charge on any atom is 0.249 e. The normalized spacial score (nSPS) is 10.5. The first-order valence-electron chi connectivity index (χ1n) is 6.86. The second kappa shape index (κ2) is 6.66. The van der Waals surface area contributed by atoms with E-state index in [2.05, 4.69) is 41.6 Å². The number of carbonyl (C=O) groups excluding carboxylic acids is 1. The molecule has 0 aliphatic rings. The standard InChI is InChI=1S/C15H13BrN6O/c1-10-2-4-11(5-3-10)15-19-21-22(20-15)9-14(23)18-13-7-6-12(16)8-17-13/h2-8H,9H2,1H3,(H,17,18,23). The Bertz CT molecular complexity index is 813. The minimum absolute atomic E-state index is 0.0311. The van der Waals surface area contributed by atoms with E-state index in [9.17, 15) is 4.79 Å². The fourth-order valence-electron chi connectivity index (χ4n) is 1.89. The van der Waals surface area contributed by atoms with Gasteiger partial charge >= 0.3 is 0 Å². The van der Waals surface area contributed by atoms with Crippen LogP contribution in [-0.4, -0.2) is 31.1 Å². The summed E-state index contributed by atoms with van der Waals surface area (Å²) in [6, 6.07) is 11.3. The van der Waals surface area contributed by atoms with E-state index in [0.29, 0.717) is 11.6 Å². The van der Waals surface area contributed by atoms with Gasteiger partial charge in [-0.3, -0.25) is 4.79 Å². The summed E-state index contributed by atoms with van der Waals surface area (Å²) in [6.07, 6.45) is 1.61. The van der Waals surface area contributed by atoms with Gasteiger partial charge in [0.2, 0.25) is 11.7 Å². The third-order valence-electron chi connectivity index (χ3n) is 3.04. The topological polar surface area (TPSA) is 85.6 Å². The second-order valence-electron chi connectivity index (χ2n) is 4.92. The highest BCUT2D eigenvalue weighted by molar-refractivity contribution is 9.10. The average Bonchev–Trinajstić information content (AvgIpc) is 2.98. The van der Waals surface area contributed by atoms with Crippen LogP contribution in [0.25, 0.3) is 11.4 Å². The molecule has 2 aromatic heterocycles. The molecule has 8 heteroatoms. The third-order valence-corrected chi connectivity index (χ3v) is 3.51. The number of tetrazole rings is 1. The highest BCUT2D eigenvalue weighted by Crippen LogP contribution is 2.14. The number of halogens is 1. The predicted molar refractivity (Wildman–Crippen MR) is 88.6 cm³/mol. The molecule has 1 N–H and O–H groups in total. The summed E-state index contributed by atoms with van der Waals surface area (Å²) in [5.41, 5.74) is 2.01. The number of amides is 1. The van der Waals surface area contributed by atoms with Gasteiger partial charge in [0.25, 0.3) is 0 Å². The summed E-state index contributed by atoms with van der Waals surface area (Å²) in [7, 11) is 0. The molecule has 7 nitrogen and oxygen atoms in total. The molecule has 23 heavy (non-hydrogen) atoms. The van der Waals surface area contributed by atoms with Crippen LogP contribution in [0, 0.1) is 6.92 Å². The summed E-state index contributed by atoms with van der Waals surface area (Å²) in [5, 5.41) is 14.8. The predicted octanol–water partition coefficient (Wildman–Crippen LogP) is 2.44. The average molecular weight is 373 g/mol. The number of hydrogen-bond donors (Lipinski definition) is 1. The number of rotatable bonds is 4. The molecule has 0 aliphatic carbocycles. The zero-order valence-electron chi connectivity index (χ0n) is 12.3. The zero-order valence-corrected chi connectivity index (χ0v) is 13.9. The maximum atomic E-state index is 12.0. The molecule has 0 bridgehead atoms. The van der Waals surface area contributed by atoms with Crippen molar-refractivity contribution in [2.24, 2.45) is 0 Å². The first-order valence-corrected chi connectivity index (χ1v) is 7.66. The van der Waals surface area contributed by atoms with Gasteiger partial charge in [0.1, 0.15) is 12.4 Å². The highest BCUT2D eigenvalue weighted by atomic mass is 79.9. The molecule has 0 atom stereocenters. The molecule has 1 amide bonds. The van der Waals surface area contributed by atoms with E-state index in [1.54, 1.807) is 18.3 Å². The quantitative estimate of drug-likeness (QED) is 0.759. The van der Waals surface area contributed by atoms with E-state index in [1.165, 1.54) is 4.80 Å². The van der Waals surface area contributed by atoms with E-state index in [4.69, 9.17) is 0 Å².